The lowest BCUT2D eigenvalue weighted by Crippen LogP contribution is -2.40. The third-order valence-corrected chi connectivity index (χ3v) is 5.39. The Hall–Kier alpha value is -3.02. The highest BCUT2D eigenvalue weighted by molar-refractivity contribution is 5.78. The first-order valence-electron chi connectivity index (χ1n) is 9.72. The molecule has 3 aromatic rings. The second-order valence-electron chi connectivity index (χ2n) is 7.50. The molecule has 0 bridgehead atoms. The van der Waals surface area contributed by atoms with Crippen molar-refractivity contribution in [1.29, 1.82) is 0 Å². The number of amides is 1. The first-order chi connectivity index (χ1) is 13.6. The van der Waals surface area contributed by atoms with Gasteiger partial charge in [-0.3, -0.25) is 9.78 Å². The van der Waals surface area contributed by atoms with Gasteiger partial charge in [-0.1, -0.05) is 6.07 Å². The highest BCUT2D eigenvalue weighted by atomic mass is 16.5. The molecular weight excluding hydrogens is 352 g/mol. The zero-order valence-electron chi connectivity index (χ0n) is 16.4. The van der Waals surface area contributed by atoms with E-state index >= 15 is 0 Å². The van der Waals surface area contributed by atoms with Crippen LogP contribution in [0.5, 0.6) is 5.75 Å². The van der Waals surface area contributed by atoms with Crippen LogP contribution in [0.15, 0.2) is 48.7 Å². The number of rotatable bonds is 5. The Kier molecular flexibility index (Phi) is 5.19. The standard InChI is InChI=1S/C22H26N4O2/c1-25(2)17-5-3-6-18(13-17)28-15-22(27)26-11-8-16(9-12-26)20-14-21-19(24-20)7-4-10-23-21/h3-7,10,13-14,16,24H,8-9,11-12,15H2,1-2H3. The van der Waals surface area contributed by atoms with Crippen LogP contribution < -0.4 is 9.64 Å². The normalized spacial score (nSPS) is 15.0. The first kappa shape index (κ1) is 18.3. The molecule has 0 radical (unpaired) electrons. The summed E-state index contributed by atoms with van der Waals surface area (Å²) in [6, 6.07) is 13.9. The number of aromatic amines is 1. The van der Waals surface area contributed by atoms with Crippen molar-refractivity contribution in [3.63, 3.8) is 0 Å². The Labute approximate surface area is 165 Å². The minimum atomic E-state index is 0.0482. The lowest BCUT2D eigenvalue weighted by Gasteiger charge is -2.31. The highest BCUT2D eigenvalue weighted by Crippen LogP contribution is 2.29. The molecule has 0 atom stereocenters. The summed E-state index contributed by atoms with van der Waals surface area (Å²) in [4.78, 5) is 24.3. The number of ether oxygens (including phenoxy) is 1. The zero-order chi connectivity index (χ0) is 19.5. The predicted octanol–water partition coefficient (Wildman–Crippen LogP) is 3.41. The smallest absolute Gasteiger partial charge is 0.260 e. The molecule has 1 aromatic carbocycles. The molecule has 2 aromatic heterocycles. The molecule has 0 spiro atoms. The lowest BCUT2D eigenvalue weighted by molar-refractivity contribution is -0.134. The topological polar surface area (TPSA) is 61.5 Å². The molecule has 1 N–H and O–H groups in total. The van der Waals surface area contributed by atoms with Gasteiger partial charge in [0.25, 0.3) is 5.91 Å². The Bertz CT molecular complexity index is 925. The van der Waals surface area contributed by atoms with Gasteiger partial charge in [0.15, 0.2) is 6.61 Å². The second kappa shape index (κ2) is 7.92. The van der Waals surface area contributed by atoms with Crippen molar-refractivity contribution in [2.24, 2.45) is 0 Å². The van der Waals surface area contributed by atoms with Crippen LogP contribution in [0.3, 0.4) is 0 Å². The van der Waals surface area contributed by atoms with Crippen molar-refractivity contribution in [2.45, 2.75) is 18.8 Å². The van der Waals surface area contributed by atoms with Gasteiger partial charge in [0.05, 0.1) is 11.0 Å². The number of piperidine rings is 1. The number of nitrogens with one attached hydrogen (secondary N) is 1. The minimum Gasteiger partial charge on any atom is -0.484 e. The van der Waals surface area contributed by atoms with Crippen LogP contribution in [-0.2, 0) is 4.79 Å². The second-order valence-corrected chi connectivity index (χ2v) is 7.50. The van der Waals surface area contributed by atoms with Gasteiger partial charge in [0.1, 0.15) is 5.75 Å². The minimum absolute atomic E-state index is 0.0482. The van der Waals surface area contributed by atoms with Gasteiger partial charge in [-0.05, 0) is 43.2 Å². The van der Waals surface area contributed by atoms with E-state index < -0.39 is 0 Å². The quantitative estimate of drug-likeness (QED) is 0.739. The van der Waals surface area contributed by atoms with E-state index in [1.54, 1.807) is 0 Å². The van der Waals surface area contributed by atoms with Crippen molar-refractivity contribution < 1.29 is 9.53 Å². The fourth-order valence-corrected chi connectivity index (χ4v) is 3.72. The molecule has 146 valence electrons. The predicted molar refractivity (Wildman–Crippen MR) is 111 cm³/mol. The van der Waals surface area contributed by atoms with E-state index in [-0.39, 0.29) is 12.5 Å². The number of benzene rings is 1. The number of fused-ring (bicyclic) bond motifs is 1. The van der Waals surface area contributed by atoms with Crippen LogP contribution in [-0.4, -0.2) is 54.6 Å². The molecule has 0 saturated carbocycles. The number of carbonyl (C=O) groups is 1. The molecule has 0 aliphatic carbocycles. The third kappa shape index (κ3) is 3.96. The summed E-state index contributed by atoms with van der Waals surface area (Å²) in [5.41, 5.74) is 4.35. The third-order valence-electron chi connectivity index (χ3n) is 5.39. The van der Waals surface area contributed by atoms with E-state index in [9.17, 15) is 4.79 Å². The zero-order valence-corrected chi connectivity index (χ0v) is 16.4. The number of likely N-dealkylation sites (tertiary alicyclic amines) is 1. The summed E-state index contributed by atoms with van der Waals surface area (Å²) >= 11 is 0. The van der Waals surface area contributed by atoms with E-state index in [0.29, 0.717) is 5.92 Å². The maximum atomic E-state index is 12.5. The Morgan fingerprint density at radius 2 is 2.04 bits per heavy atom. The van der Waals surface area contributed by atoms with E-state index in [2.05, 4.69) is 16.0 Å². The molecule has 3 heterocycles. The van der Waals surface area contributed by atoms with Crippen LogP contribution in [0.2, 0.25) is 0 Å². The Balaban J connectivity index is 1.31. The van der Waals surface area contributed by atoms with Gasteiger partial charge in [-0.2, -0.15) is 0 Å². The number of aromatic nitrogens is 2. The largest absolute Gasteiger partial charge is 0.484 e. The maximum absolute atomic E-state index is 12.5. The van der Waals surface area contributed by atoms with Gasteiger partial charge in [0, 0.05) is 56.7 Å². The number of anilines is 1. The summed E-state index contributed by atoms with van der Waals surface area (Å²) in [5.74, 6) is 1.21. The first-order valence-corrected chi connectivity index (χ1v) is 9.72. The average molecular weight is 378 g/mol. The SMILES string of the molecule is CN(C)c1cccc(OCC(=O)N2CCC(c3cc4ncccc4[nH]3)CC2)c1. The highest BCUT2D eigenvalue weighted by Gasteiger charge is 2.25. The molecule has 1 fully saturated rings. The number of hydrogen-bond acceptors (Lipinski definition) is 4. The molecule has 1 amide bonds. The Morgan fingerprint density at radius 3 is 2.79 bits per heavy atom. The molecule has 1 saturated heterocycles. The molecule has 6 nitrogen and oxygen atoms in total. The maximum Gasteiger partial charge on any atom is 0.260 e. The summed E-state index contributed by atoms with van der Waals surface area (Å²) < 4.78 is 5.73. The van der Waals surface area contributed by atoms with Crippen molar-refractivity contribution in [3.05, 3.63) is 54.4 Å². The summed E-state index contributed by atoms with van der Waals surface area (Å²) in [6.45, 7) is 1.60. The van der Waals surface area contributed by atoms with Crippen LogP contribution in [0, 0.1) is 0 Å². The fraction of sp³-hybridized carbons (Fsp3) is 0.364. The number of pyridine rings is 1. The van der Waals surface area contributed by atoms with E-state index in [4.69, 9.17) is 4.74 Å². The van der Waals surface area contributed by atoms with Crippen molar-refractivity contribution in [1.82, 2.24) is 14.9 Å². The average Bonchev–Trinajstić information content (AvgIpc) is 3.16. The summed E-state index contributed by atoms with van der Waals surface area (Å²) in [6.07, 6.45) is 3.72. The Morgan fingerprint density at radius 1 is 1.21 bits per heavy atom. The van der Waals surface area contributed by atoms with Gasteiger partial charge in [-0.15, -0.1) is 0 Å². The van der Waals surface area contributed by atoms with Gasteiger partial charge in [0.2, 0.25) is 0 Å². The van der Waals surface area contributed by atoms with Crippen LogP contribution >= 0.6 is 0 Å². The molecule has 1 aliphatic rings. The van der Waals surface area contributed by atoms with Crippen LogP contribution in [0.1, 0.15) is 24.5 Å². The van der Waals surface area contributed by atoms with Crippen molar-refractivity contribution in [2.75, 3.05) is 38.7 Å². The number of H-pyrrole nitrogens is 1. The van der Waals surface area contributed by atoms with Crippen LogP contribution in [0.25, 0.3) is 11.0 Å². The summed E-state index contributed by atoms with van der Waals surface area (Å²) in [5, 5.41) is 0. The molecule has 28 heavy (non-hydrogen) atoms. The number of hydrogen-bond donors (Lipinski definition) is 1. The monoisotopic (exact) mass is 378 g/mol. The molecule has 6 heteroatoms. The molecule has 0 unspecified atom stereocenters. The van der Waals surface area contributed by atoms with Crippen molar-refractivity contribution >= 4 is 22.6 Å². The molecular formula is C22H26N4O2. The van der Waals surface area contributed by atoms with E-state index in [0.717, 1.165) is 48.4 Å². The number of carbonyl (C=O) groups excluding carboxylic acids is 1. The van der Waals surface area contributed by atoms with E-state index in [1.807, 2.05) is 66.5 Å². The molecule has 1 aliphatic heterocycles. The van der Waals surface area contributed by atoms with Crippen LogP contribution in [0.4, 0.5) is 5.69 Å². The van der Waals surface area contributed by atoms with Gasteiger partial charge >= 0.3 is 0 Å². The van der Waals surface area contributed by atoms with Gasteiger partial charge < -0.3 is 19.5 Å². The molecule has 4 rings (SSSR count). The number of nitrogens with zero attached hydrogens (tertiary/aromatic N) is 3. The van der Waals surface area contributed by atoms with E-state index in [1.165, 1.54) is 5.69 Å². The fourth-order valence-electron chi connectivity index (χ4n) is 3.72. The van der Waals surface area contributed by atoms with Gasteiger partial charge in [-0.25, -0.2) is 0 Å². The lowest BCUT2D eigenvalue weighted by atomic mass is 9.93. The van der Waals surface area contributed by atoms with Crippen molar-refractivity contribution in [3.8, 4) is 5.75 Å². The summed E-state index contributed by atoms with van der Waals surface area (Å²) in [7, 11) is 3.97.